The molecule has 0 saturated carbocycles. The van der Waals surface area contributed by atoms with Crippen molar-refractivity contribution in [3.8, 4) is 11.8 Å². The van der Waals surface area contributed by atoms with Gasteiger partial charge in [-0.15, -0.1) is 0 Å². The molecule has 0 unspecified atom stereocenters. The highest BCUT2D eigenvalue weighted by molar-refractivity contribution is 5.79. The van der Waals surface area contributed by atoms with Crippen molar-refractivity contribution in [3.63, 3.8) is 0 Å². The fraction of sp³-hybridized carbons (Fsp3) is 0.417. The van der Waals surface area contributed by atoms with Crippen molar-refractivity contribution in [3.05, 3.63) is 22.4 Å². The number of aromatic amines is 2. The van der Waals surface area contributed by atoms with Gasteiger partial charge >= 0.3 is 0 Å². The maximum absolute atomic E-state index is 11.4. The first-order valence-electron chi connectivity index (χ1n) is 5.93. The van der Waals surface area contributed by atoms with Crippen molar-refractivity contribution in [2.45, 2.75) is 27.7 Å². The van der Waals surface area contributed by atoms with Crippen LogP contribution in [0.25, 0.3) is 11.0 Å². The molecule has 0 saturated heterocycles. The lowest BCUT2D eigenvalue weighted by atomic mass is 10.3. The van der Waals surface area contributed by atoms with Crippen LogP contribution in [-0.4, -0.2) is 26.7 Å². The Labute approximate surface area is 106 Å². The Kier molecular flexibility index (Phi) is 7.90. The van der Waals surface area contributed by atoms with Gasteiger partial charge in [0.05, 0.1) is 12.9 Å². The minimum atomic E-state index is -0.259. The van der Waals surface area contributed by atoms with Gasteiger partial charge in [-0.3, -0.25) is 9.89 Å². The summed E-state index contributed by atoms with van der Waals surface area (Å²) in [4.78, 5) is 17.7. The van der Waals surface area contributed by atoms with Crippen LogP contribution < -0.4 is 11.3 Å². The van der Waals surface area contributed by atoms with Crippen LogP contribution >= 0.6 is 0 Å². The van der Waals surface area contributed by atoms with Gasteiger partial charge in [-0.25, -0.2) is 4.98 Å². The lowest BCUT2D eigenvalue weighted by Gasteiger charge is -1.84. The van der Waals surface area contributed by atoms with Crippen molar-refractivity contribution >= 4 is 11.0 Å². The van der Waals surface area contributed by atoms with Gasteiger partial charge in [-0.2, -0.15) is 5.10 Å². The molecule has 0 radical (unpaired) electrons. The molecule has 0 atom stereocenters. The molecule has 0 aromatic carbocycles. The SMILES string of the molecule is CC.CC.NCC#Cc1[nH]nc2nc[nH]c(=O)c12. The molecule has 0 amide bonds. The lowest BCUT2D eigenvalue weighted by molar-refractivity contribution is 1.07. The van der Waals surface area contributed by atoms with E-state index in [1.807, 2.05) is 27.7 Å². The van der Waals surface area contributed by atoms with Crippen LogP contribution in [0.4, 0.5) is 0 Å². The minimum Gasteiger partial charge on any atom is -0.320 e. The molecule has 2 rings (SSSR count). The highest BCUT2D eigenvalue weighted by Crippen LogP contribution is 2.05. The third-order valence-electron chi connectivity index (χ3n) is 1.67. The maximum Gasteiger partial charge on any atom is 0.263 e. The molecule has 6 heteroatoms. The summed E-state index contributed by atoms with van der Waals surface area (Å²) in [6, 6.07) is 0. The number of rotatable bonds is 0. The molecule has 0 spiro atoms. The summed E-state index contributed by atoms with van der Waals surface area (Å²) in [6.45, 7) is 8.23. The number of hydrogen-bond acceptors (Lipinski definition) is 4. The zero-order valence-corrected chi connectivity index (χ0v) is 11.2. The Hall–Kier alpha value is -2.13. The van der Waals surface area contributed by atoms with Gasteiger partial charge in [0.2, 0.25) is 0 Å². The summed E-state index contributed by atoms with van der Waals surface area (Å²) in [5, 5.41) is 6.83. The first kappa shape index (κ1) is 15.9. The average Bonchev–Trinajstić information content (AvgIpc) is 2.86. The van der Waals surface area contributed by atoms with Crippen molar-refractivity contribution in [1.82, 2.24) is 20.2 Å². The molecule has 0 aliphatic rings. The fourth-order valence-corrected chi connectivity index (χ4v) is 1.10. The van der Waals surface area contributed by atoms with Crippen molar-refractivity contribution < 1.29 is 0 Å². The topological polar surface area (TPSA) is 100 Å². The van der Waals surface area contributed by atoms with Crippen LogP contribution in [-0.2, 0) is 0 Å². The van der Waals surface area contributed by atoms with E-state index in [0.717, 1.165) is 0 Å². The first-order valence-corrected chi connectivity index (χ1v) is 5.93. The summed E-state index contributed by atoms with van der Waals surface area (Å²) in [6.07, 6.45) is 1.30. The summed E-state index contributed by atoms with van der Waals surface area (Å²) in [5.41, 5.74) is 5.76. The number of nitrogens with zero attached hydrogens (tertiary/aromatic N) is 2. The lowest BCUT2D eigenvalue weighted by Crippen LogP contribution is -2.06. The van der Waals surface area contributed by atoms with E-state index in [2.05, 4.69) is 32.0 Å². The van der Waals surface area contributed by atoms with Gasteiger partial charge in [-0.1, -0.05) is 33.6 Å². The standard InChI is InChI=1S/C8H7N5O.2C2H6/c9-3-1-2-5-6-7(13-12-5)10-4-11-8(6)14;2*1-2/h4H,3,9H2,(H2,10,11,12,13,14);2*1-2H3. The van der Waals surface area contributed by atoms with E-state index in [1.54, 1.807) is 0 Å². The maximum atomic E-state index is 11.4. The van der Waals surface area contributed by atoms with E-state index in [1.165, 1.54) is 6.33 Å². The number of hydrogen-bond donors (Lipinski definition) is 3. The fourth-order valence-electron chi connectivity index (χ4n) is 1.10. The molecule has 6 nitrogen and oxygen atoms in total. The molecule has 0 aliphatic carbocycles. The quantitative estimate of drug-likeness (QED) is 0.606. The van der Waals surface area contributed by atoms with Crippen LogP contribution in [0.3, 0.4) is 0 Å². The predicted octanol–water partition coefficient (Wildman–Crippen LogP) is 1.01. The van der Waals surface area contributed by atoms with E-state index in [9.17, 15) is 4.79 Å². The van der Waals surface area contributed by atoms with Gasteiger partial charge in [0.15, 0.2) is 5.65 Å². The normalized spacial score (nSPS) is 8.28. The minimum absolute atomic E-state index is 0.235. The Balaban J connectivity index is 0.000000659. The van der Waals surface area contributed by atoms with E-state index < -0.39 is 0 Å². The van der Waals surface area contributed by atoms with Gasteiger partial charge in [-0.05, 0) is 5.92 Å². The Bertz CT molecular complexity index is 573. The highest BCUT2D eigenvalue weighted by atomic mass is 16.1. The van der Waals surface area contributed by atoms with Crippen LogP contribution in [0.2, 0.25) is 0 Å². The monoisotopic (exact) mass is 249 g/mol. The number of aromatic nitrogens is 4. The third-order valence-corrected chi connectivity index (χ3v) is 1.67. The second kappa shape index (κ2) is 8.96. The molecule has 0 bridgehead atoms. The summed E-state index contributed by atoms with van der Waals surface area (Å²) >= 11 is 0. The molecule has 2 aromatic heterocycles. The Morgan fingerprint density at radius 1 is 1.33 bits per heavy atom. The van der Waals surface area contributed by atoms with E-state index in [-0.39, 0.29) is 12.1 Å². The number of fused-ring (bicyclic) bond motifs is 1. The summed E-state index contributed by atoms with van der Waals surface area (Å²) in [5.74, 6) is 5.35. The molecule has 0 fully saturated rings. The highest BCUT2D eigenvalue weighted by Gasteiger charge is 2.06. The second-order valence-corrected chi connectivity index (χ2v) is 2.53. The smallest absolute Gasteiger partial charge is 0.263 e. The molecule has 2 aromatic rings. The molecule has 0 aliphatic heterocycles. The van der Waals surface area contributed by atoms with Gasteiger partial charge in [0.1, 0.15) is 11.1 Å². The van der Waals surface area contributed by atoms with Crippen LogP contribution in [0, 0.1) is 11.8 Å². The third kappa shape index (κ3) is 3.71. The van der Waals surface area contributed by atoms with E-state index >= 15 is 0 Å². The average molecular weight is 249 g/mol. The largest absolute Gasteiger partial charge is 0.320 e. The van der Waals surface area contributed by atoms with Crippen molar-refractivity contribution in [2.75, 3.05) is 6.54 Å². The van der Waals surface area contributed by atoms with Crippen LogP contribution in [0.5, 0.6) is 0 Å². The molecular formula is C12H19N5O. The Morgan fingerprint density at radius 3 is 2.61 bits per heavy atom. The summed E-state index contributed by atoms with van der Waals surface area (Å²) in [7, 11) is 0. The number of nitrogens with two attached hydrogens (primary N) is 1. The number of nitrogens with one attached hydrogen (secondary N) is 2. The summed E-state index contributed by atoms with van der Waals surface area (Å²) < 4.78 is 0. The first-order chi connectivity index (χ1) is 8.83. The number of H-pyrrole nitrogens is 2. The molecule has 18 heavy (non-hydrogen) atoms. The zero-order valence-electron chi connectivity index (χ0n) is 11.2. The molecule has 2 heterocycles. The second-order valence-electron chi connectivity index (χ2n) is 2.53. The van der Waals surface area contributed by atoms with Gasteiger partial charge in [0.25, 0.3) is 5.56 Å². The zero-order chi connectivity index (χ0) is 14.0. The van der Waals surface area contributed by atoms with Gasteiger partial charge < -0.3 is 10.7 Å². The molecule has 4 N–H and O–H groups in total. The van der Waals surface area contributed by atoms with Crippen LogP contribution in [0.15, 0.2) is 11.1 Å². The van der Waals surface area contributed by atoms with E-state index in [0.29, 0.717) is 16.7 Å². The van der Waals surface area contributed by atoms with Gasteiger partial charge in [0, 0.05) is 0 Å². The van der Waals surface area contributed by atoms with Crippen LogP contribution in [0.1, 0.15) is 33.4 Å². The molecular weight excluding hydrogens is 230 g/mol. The van der Waals surface area contributed by atoms with Crippen molar-refractivity contribution in [1.29, 1.82) is 0 Å². The van der Waals surface area contributed by atoms with Crippen molar-refractivity contribution in [2.24, 2.45) is 5.73 Å². The molecule has 98 valence electrons. The van der Waals surface area contributed by atoms with E-state index in [4.69, 9.17) is 5.73 Å². The predicted molar refractivity (Wildman–Crippen MR) is 73.1 cm³/mol. The Morgan fingerprint density at radius 2 is 2.00 bits per heavy atom.